The maximum Gasteiger partial charge on any atom is 0.325 e. The van der Waals surface area contributed by atoms with E-state index < -0.39 is 66.4 Å². The smallest absolute Gasteiger partial charge is 0.325 e. The number of carbonyl (C=O) groups is 5. The van der Waals surface area contributed by atoms with Crippen LogP contribution in [-0.4, -0.2) is 81.8 Å². The van der Waals surface area contributed by atoms with Crippen LogP contribution in [0.25, 0.3) is 0 Å². The zero-order chi connectivity index (χ0) is 23.4. The minimum absolute atomic E-state index is 0.119. The molecular weight excluding hydrogens is 402 g/mol. The van der Waals surface area contributed by atoms with Crippen LogP contribution < -0.4 is 27.4 Å². The van der Waals surface area contributed by atoms with Gasteiger partial charge in [0.05, 0.1) is 12.5 Å². The molecule has 0 fully saturated rings. The highest BCUT2D eigenvalue weighted by Crippen LogP contribution is 2.04. The summed E-state index contributed by atoms with van der Waals surface area (Å²) in [5.74, 6) is -5.42. The molecule has 13 heteroatoms. The minimum atomic E-state index is -1.57. The molecule has 0 rings (SSSR count). The standard InChI is InChI=1S/C17H31N5O8/c1-8(17(29)30)20-15(27)11(7-12(24)25)22-14(26)10(5-3-4-6-18)21-16(28)13(19)9(2)23/h8-11,13,23H,3-7,18-19H2,1-2H3,(H,20,27)(H,21,28)(H,22,26)(H,24,25)(H,29,30). The molecule has 0 aliphatic heterocycles. The number of nitrogens with two attached hydrogens (primary N) is 2. The van der Waals surface area contributed by atoms with Gasteiger partial charge in [-0.2, -0.15) is 0 Å². The van der Waals surface area contributed by atoms with Gasteiger partial charge in [0.2, 0.25) is 17.7 Å². The van der Waals surface area contributed by atoms with E-state index >= 15 is 0 Å². The maximum absolute atomic E-state index is 12.6. The number of amides is 3. The van der Waals surface area contributed by atoms with Crippen LogP contribution in [0.3, 0.4) is 0 Å². The monoisotopic (exact) mass is 433 g/mol. The lowest BCUT2D eigenvalue weighted by molar-refractivity contribution is -0.143. The van der Waals surface area contributed by atoms with Crippen molar-refractivity contribution in [2.45, 2.75) is 69.8 Å². The second-order valence-corrected chi connectivity index (χ2v) is 6.84. The number of aliphatic carboxylic acids is 2. The van der Waals surface area contributed by atoms with Gasteiger partial charge in [-0.1, -0.05) is 0 Å². The predicted molar refractivity (Wildman–Crippen MR) is 104 cm³/mol. The summed E-state index contributed by atoms with van der Waals surface area (Å²) in [7, 11) is 0. The fourth-order valence-electron chi connectivity index (χ4n) is 2.28. The fourth-order valence-corrected chi connectivity index (χ4v) is 2.28. The van der Waals surface area contributed by atoms with E-state index in [0.29, 0.717) is 19.4 Å². The summed E-state index contributed by atoms with van der Waals surface area (Å²) in [5, 5.41) is 34.0. The van der Waals surface area contributed by atoms with E-state index in [2.05, 4.69) is 16.0 Å². The third kappa shape index (κ3) is 10.1. The van der Waals surface area contributed by atoms with Crippen LogP contribution in [0.2, 0.25) is 0 Å². The molecule has 3 amide bonds. The number of hydrogen-bond donors (Lipinski definition) is 8. The Morgan fingerprint density at radius 1 is 0.867 bits per heavy atom. The van der Waals surface area contributed by atoms with Crippen LogP contribution in [0, 0.1) is 0 Å². The van der Waals surface area contributed by atoms with Crippen LogP contribution >= 0.6 is 0 Å². The Labute approximate surface area is 173 Å². The summed E-state index contributed by atoms with van der Waals surface area (Å²) in [6, 6.07) is -5.36. The summed E-state index contributed by atoms with van der Waals surface area (Å²) in [6.07, 6.45) is -0.891. The van der Waals surface area contributed by atoms with Gasteiger partial charge in [-0.25, -0.2) is 0 Å². The number of carbonyl (C=O) groups excluding carboxylic acids is 3. The number of carboxylic acids is 2. The molecule has 0 aromatic heterocycles. The minimum Gasteiger partial charge on any atom is -0.481 e. The molecule has 0 aromatic rings. The van der Waals surface area contributed by atoms with E-state index in [1.54, 1.807) is 0 Å². The van der Waals surface area contributed by atoms with E-state index in [4.69, 9.17) is 21.7 Å². The van der Waals surface area contributed by atoms with Crippen molar-refractivity contribution in [2.24, 2.45) is 11.5 Å². The van der Waals surface area contributed by atoms with Crippen LogP contribution in [0.15, 0.2) is 0 Å². The molecule has 30 heavy (non-hydrogen) atoms. The number of aliphatic hydroxyl groups excluding tert-OH is 1. The van der Waals surface area contributed by atoms with Gasteiger partial charge in [0.1, 0.15) is 24.2 Å². The number of rotatable bonds is 14. The molecule has 0 saturated heterocycles. The van der Waals surface area contributed by atoms with Gasteiger partial charge in [-0.3, -0.25) is 24.0 Å². The molecule has 172 valence electrons. The highest BCUT2D eigenvalue weighted by atomic mass is 16.4. The molecule has 0 aliphatic rings. The SMILES string of the molecule is CC(NC(=O)C(CC(=O)O)NC(=O)C(CCCCN)NC(=O)C(N)C(C)O)C(=O)O. The largest absolute Gasteiger partial charge is 0.481 e. The molecule has 0 spiro atoms. The van der Waals surface area contributed by atoms with Crippen molar-refractivity contribution in [3.8, 4) is 0 Å². The first-order valence-electron chi connectivity index (χ1n) is 9.40. The first kappa shape index (κ1) is 27.2. The van der Waals surface area contributed by atoms with E-state index in [1.165, 1.54) is 13.8 Å². The lowest BCUT2D eigenvalue weighted by atomic mass is 10.1. The van der Waals surface area contributed by atoms with E-state index in [1.807, 2.05) is 0 Å². The van der Waals surface area contributed by atoms with Gasteiger partial charge in [-0.15, -0.1) is 0 Å². The normalized spacial score (nSPS) is 15.8. The topological polar surface area (TPSA) is 234 Å². The van der Waals surface area contributed by atoms with Gasteiger partial charge in [-0.05, 0) is 39.7 Å². The summed E-state index contributed by atoms with van der Waals surface area (Å²) in [5.41, 5.74) is 11.0. The zero-order valence-corrected chi connectivity index (χ0v) is 17.0. The molecular formula is C17H31N5O8. The number of aliphatic hydroxyl groups is 1. The molecule has 10 N–H and O–H groups in total. The first-order valence-corrected chi connectivity index (χ1v) is 9.40. The van der Waals surface area contributed by atoms with Crippen LogP contribution in [-0.2, 0) is 24.0 Å². The molecule has 0 aromatic carbocycles. The Morgan fingerprint density at radius 2 is 1.40 bits per heavy atom. The average Bonchev–Trinajstić information content (AvgIpc) is 2.65. The average molecular weight is 433 g/mol. The summed E-state index contributed by atoms with van der Waals surface area (Å²) < 4.78 is 0. The third-order valence-electron chi connectivity index (χ3n) is 4.14. The number of unbranched alkanes of at least 4 members (excludes halogenated alkanes) is 1. The van der Waals surface area contributed by atoms with Crippen LogP contribution in [0.5, 0.6) is 0 Å². The summed E-state index contributed by atoms with van der Waals surface area (Å²) in [4.78, 5) is 58.9. The third-order valence-corrected chi connectivity index (χ3v) is 4.14. The molecule has 0 aliphatic carbocycles. The number of carboxylic acid groups (broad SMARTS) is 2. The lowest BCUT2D eigenvalue weighted by Gasteiger charge is -2.24. The van der Waals surface area contributed by atoms with E-state index in [-0.39, 0.29) is 6.42 Å². The van der Waals surface area contributed by atoms with Gasteiger partial charge >= 0.3 is 11.9 Å². The summed E-state index contributed by atoms with van der Waals surface area (Å²) >= 11 is 0. The number of nitrogens with one attached hydrogen (secondary N) is 3. The number of hydrogen-bond acceptors (Lipinski definition) is 8. The Hall–Kier alpha value is -2.77. The highest BCUT2D eigenvalue weighted by molar-refractivity contribution is 5.95. The fraction of sp³-hybridized carbons (Fsp3) is 0.706. The molecule has 0 heterocycles. The Morgan fingerprint density at radius 3 is 1.87 bits per heavy atom. The second-order valence-electron chi connectivity index (χ2n) is 6.84. The van der Waals surface area contributed by atoms with Crippen molar-refractivity contribution in [3.05, 3.63) is 0 Å². The van der Waals surface area contributed by atoms with Gasteiger partial charge < -0.3 is 42.7 Å². The van der Waals surface area contributed by atoms with Gasteiger partial charge in [0.15, 0.2) is 0 Å². The van der Waals surface area contributed by atoms with Crippen molar-refractivity contribution in [1.82, 2.24) is 16.0 Å². The Balaban J connectivity index is 5.37. The molecule has 0 saturated carbocycles. The van der Waals surface area contributed by atoms with Crippen molar-refractivity contribution in [1.29, 1.82) is 0 Å². The summed E-state index contributed by atoms with van der Waals surface area (Å²) in [6.45, 7) is 2.81. The predicted octanol–water partition coefficient (Wildman–Crippen LogP) is -3.14. The molecule has 5 unspecified atom stereocenters. The molecule has 5 atom stereocenters. The van der Waals surface area contributed by atoms with E-state index in [0.717, 1.165) is 0 Å². The van der Waals surface area contributed by atoms with Crippen molar-refractivity contribution in [2.75, 3.05) is 6.54 Å². The van der Waals surface area contributed by atoms with Crippen LogP contribution in [0.4, 0.5) is 0 Å². The lowest BCUT2D eigenvalue weighted by Crippen LogP contribution is -2.58. The molecule has 0 bridgehead atoms. The maximum atomic E-state index is 12.6. The Kier molecular flexibility index (Phi) is 12.2. The van der Waals surface area contributed by atoms with Gasteiger partial charge in [0.25, 0.3) is 0 Å². The van der Waals surface area contributed by atoms with E-state index in [9.17, 15) is 29.1 Å². The van der Waals surface area contributed by atoms with Gasteiger partial charge in [0, 0.05) is 0 Å². The van der Waals surface area contributed by atoms with Crippen molar-refractivity contribution < 1.29 is 39.3 Å². The highest BCUT2D eigenvalue weighted by Gasteiger charge is 2.31. The quantitative estimate of drug-likeness (QED) is 0.128. The van der Waals surface area contributed by atoms with Crippen LogP contribution in [0.1, 0.15) is 39.5 Å². The van der Waals surface area contributed by atoms with Crippen molar-refractivity contribution in [3.63, 3.8) is 0 Å². The zero-order valence-electron chi connectivity index (χ0n) is 17.0. The Bertz CT molecular complexity index is 627. The first-order chi connectivity index (χ1) is 13.9. The molecule has 13 nitrogen and oxygen atoms in total. The van der Waals surface area contributed by atoms with Crippen molar-refractivity contribution >= 4 is 29.7 Å². The molecule has 0 radical (unpaired) electrons. The second kappa shape index (κ2) is 13.5.